The van der Waals surface area contributed by atoms with Crippen molar-refractivity contribution in [2.75, 3.05) is 5.32 Å². The maximum Gasteiger partial charge on any atom is 0.275 e. The fourth-order valence-electron chi connectivity index (χ4n) is 3.52. The zero-order valence-corrected chi connectivity index (χ0v) is 17.6. The number of tetrazole rings is 1. The van der Waals surface area contributed by atoms with Crippen molar-refractivity contribution < 1.29 is 4.79 Å². The van der Waals surface area contributed by atoms with Gasteiger partial charge in [-0.2, -0.15) is 0 Å². The second-order valence-electron chi connectivity index (χ2n) is 7.03. The standard InChI is InChI=1S/C22H19N7OS/c1-2-11-28-19-6-4-3-5-15(19)12-20(28)22-25-18(13-31-22)21(30)24-16-7-9-17(10-8-16)29-14-23-26-27-29/h3-10,12-14H,2,11H2,1H3,(H,24,30). The first-order chi connectivity index (χ1) is 15.2. The molecule has 31 heavy (non-hydrogen) atoms. The molecular formula is C22H19N7OS. The number of carbonyl (C=O) groups is 1. The number of aryl methyl sites for hydroxylation is 1. The van der Waals surface area contributed by atoms with Crippen LogP contribution in [0.4, 0.5) is 5.69 Å². The largest absolute Gasteiger partial charge is 0.339 e. The Morgan fingerprint density at radius 3 is 2.74 bits per heavy atom. The van der Waals surface area contributed by atoms with E-state index in [1.165, 1.54) is 28.6 Å². The number of fused-ring (bicyclic) bond motifs is 1. The quantitative estimate of drug-likeness (QED) is 0.432. The highest BCUT2D eigenvalue weighted by Crippen LogP contribution is 2.31. The predicted molar refractivity (Wildman–Crippen MR) is 120 cm³/mol. The summed E-state index contributed by atoms with van der Waals surface area (Å²) >= 11 is 1.48. The van der Waals surface area contributed by atoms with Crippen molar-refractivity contribution in [3.8, 4) is 16.4 Å². The third-order valence-corrected chi connectivity index (χ3v) is 5.82. The summed E-state index contributed by atoms with van der Waals surface area (Å²) in [7, 11) is 0. The lowest BCUT2D eigenvalue weighted by Gasteiger charge is -2.07. The SMILES string of the molecule is CCCn1c(-c2nc(C(=O)Nc3ccc(-n4cnnn4)cc3)cs2)cc2ccccc21. The van der Waals surface area contributed by atoms with Crippen LogP contribution in [0.1, 0.15) is 23.8 Å². The number of anilines is 1. The van der Waals surface area contributed by atoms with Gasteiger partial charge >= 0.3 is 0 Å². The van der Waals surface area contributed by atoms with Crippen LogP contribution < -0.4 is 5.32 Å². The molecule has 3 heterocycles. The minimum absolute atomic E-state index is 0.240. The Kier molecular flexibility index (Phi) is 5.01. The van der Waals surface area contributed by atoms with Gasteiger partial charge in [-0.05, 0) is 53.2 Å². The second kappa shape index (κ2) is 8.11. The van der Waals surface area contributed by atoms with Gasteiger partial charge in [0.2, 0.25) is 0 Å². The average molecular weight is 430 g/mol. The van der Waals surface area contributed by atoms with E-state index in [1.54, 1.807) is 22.2 Å². The molecule has 5 rings (SSSR count). The highest BCUT2D eigenvalue weighted by Gasteiger charge is 2.16. The monoisotopic (exact) mass is 429 g/mol. The molecule has 0 aliphatic rings. The molecule has 1 amide bonds. The van der Waals surface area contributed by atoms with Crippen LogP contribution in [-0.2, 0) is 6.54 Å². The molecular weight excluding hydrogens is 410 g/mol. The van der Waals surface area contributed by atoms with E-state index < -0.39 is 0 Å². The number of rotatable bonds is 6. The van der Waals surface area contributed by atoms with Crippen molar-refractivity contribution in [1.29, 1.82) is 0 Å². The molecule has 0 fully saturated rings. The average Bonchev–Trinajstić information content (AvgIpc) is 3.55. The van der Waals surface area contributed by atoms with Gasteiger partial charge < -0.3 is 9.88 Å². The molecule has 0 saturated heterocycles. The Balaban J connectivity index is 1.38. The van der Waals surface area contributed by atoms with Gasteiger partial charge in [-0.25, -0.2) is 9.67 Å². The molecule has 0 bridgehead atoms. The van der Waals surface area contributed by atoms with Crippen molar-refractivity contribution in [2.24, 2.45) is 0 Å². The third-order valence-electron chi connectivity index (χ3n) is 4.95. The number of nitrogens with zero attached hydrogens (tertiary/aromatic N) is 6. The minimum atomic E-state index is -0.240. The Hall–Kier alpha value is -3.85. The van der Waals surface area contributed by atoms with E-state index >= 15 is 0 Å². The van der Waals surface area contributed by atoms with Crippen molar-refractivity contribution in [1.82, 2.24) is 29.8 Å². The van der Waals surface area contributed by atoms with Crippen molar-refractivity contribution >= 4 is 33.8 Å². The molecule has 1 N–H and O–H groups in total. The van der Waals surface area contributed by atoms with Crippen LogP contribution in [0.5, 0.6) is 0 Å². The molecule has 154 valence electrons. The van der Waals surface area contributed by atoms with Gasteiger partial charge in [0.25, 0.3) is 5.91 Å². The van der Waals surface area contributed by atoms with Crippen molar-refractivity contribution in [2.45, 2.75) is 19.9 Å². The molecule has 0 aliphatic heterocycles. The lowest BCUT2D eigenvalue weighted by atomic mass is 10.2. The lowest BCUT2D eigenvalue weighted by molar-refractivity contribution is 0.102. The zero-order valence-electron chi connectivity index (χ0n) is 16.8. The van der Waals surface area contributed by atoms with Crippen LogP contribution in [0.3, 0.4) is 0 Å². The summed E-state index contributed by atoms with van der Waals surface area (Å²) in [5, 5.41) is 17.8. The lowest BCUT2D eigenvalue weighted by Crippen LogP contribution is -2.12. The van der Waals surface area contributed by atoms with E-state index in [9.17, 15) is 4.79 Å². The van der Waals surface area contributed by atoms with Gasteiger partial charge in [0.1, 0.15) is 17.0 Å². The third kappa shape index (κ3) is 3.71. The number of thiazole rings is 1. The minimum Gasteiger partial charge on any atom is -0.339 e. The molecule has 0 aliphatic carbocycles. The summed E-state index contributed by atoms with van der Waals surface area (Å²) in [5.41, 5.74) is 4.11. The Morgan fingerprint density at radius 1 is 1.13 bits per heavy atom. The number of aromatic nitrogens is 6. The zero-order chi connectivity index (χ0) is 21.2. The second-order valence-corrected chi connectivity index (χ2v) is 7.89. The molecule has 2 aromatic carbocycles. The van der Waals surface area contributed by atoms with Crippen LogP contribution in [0, 0.1) is 0 Å². The fourth-order valence-corrected chi connectivity index (χ4v) is 4.34. The van der Waals surface area contributed by atoms with Crippen LogP contribution >= 0.6 is 11.3 Å². The first-order valence-electron chi connectivity index (χ1n) is 9.92. The van der Waals surface area contributed by atoms with Crippen LogP contribution in [0.2, 0.25) is 0 Å². The molecule has 9 heteroatoms. The van der Waals surface area contributed by atoms with Gasteiger partial charge in [-0.1, -0.05) is 25.1 Å². The topological polar surface area (TPSA) is 90.5 Å². The van der Waals surface area contributed by atoms with E-state index in [2.05, 4.69) is 55.5 Å². The van der Waals surface area contributed by atoms with Gasteiger partial charge in [0, 0.05) is 28.5 Å². The Bertz CT molecular complexity index is 1340. The number of hydrogen-bond acceptors (Lipinski definition) is 6. The molecule has 0 unspecified atom stereocenters. The summed E-state index contributed by atoms with van der Waals surface area (Å²) in [5.74, 6) is -0.240. The van der Waals surface area contributed by atoms with E-state index in [0.29, 0.717) is 11.4 Å². The number of nitrogens with one attached hydrogen (secondary N) is 1. The predicted octanol–water partition coefficient (Wildman–Crippen LogP) is 4.40. The van der Waals surface area contributed by atoms with Gasteiger partial charge in [0.05, 0.1) is 11.4 Å². The molecule has 8 nitrogen and oxygen atoms in total. The van der Waals surface area contributed by atoms with Crippen LogP contribution in [-0.4, -0.2) is 35.7 Å². The van der Waals surface area contributed by atoms with E-state index in [4.69, 9.17) is 0 Å². The van der Waals surface area contributed by atoms with Gasteiger partial charge in [-0.3, -0.25) is 4.79 Å². The molecule has 0 radical (unpaired) electrons. The number of hydrogen-bond donors (Lipinski definition) is 1. The molecule has 0 saturated carbocycles. The number of carbonyl (C=O) groups excluding carboxylic acids is 1. The van der Waals surface area contributed by atoms with Gasteiger partial charge in [-0.15, -0.1) is 16.4 Å². The van der Waals surface area contributed by atoms with Crippen LogP contribution in [0.15, 0.2) is 66.3 Å². The summed E-state index contributed by atoms with van der Waals surface area (Å²) in [4.78, 5) is 17.4. The number of para-hydroxylation sites is 1. The summed E-state index contributed by atoms with van der Waals surface area (Å²) < 4.78 is 3.82. The highest BCUT2D eigenvalue weighted by atomic mass is 32.1. The fraction of sp³-hybridized carbons (Fsp3) is 0.136. The van der Waals surface area contributed by atoms with E-state index in [-0.39, 0.29) is 5.91 Å². The summed E-state index contributed by atoms with van der Waals surface area (Å²) in [6.07, 6.45) is 2.53. The van der Waals surface area contributed by atoms with Crippen LogP contribution in [0.25, 0.3) is 27.3 Å². The maximum atomic E-state index is 12.7. The van der Waals surface area contributed by atoms with E-state index in [0.717, 1.165) is 29.4 Å². The first kappa shape index (κ1) is 19.1. The van der Waals surface area contributed by atoms with Crippen molar-refractivity contribution in [3.63, 3.8) is 0 Å². The number of benzene rings is 2. The van der Waals surface area contributed by atoms with Gasteiger partial charge in [0.15, 0.2) is 0 Å². The number of amides is 1. The molecule has 0 spiro atoms. The Labute approximate surface area is 182 Å². The summed E-state index contributed by atoms with van der Waals surface area (Å²) in [6, 6.07) is 17.7. The van der Waals surface area contributed by atoms with Crippen molar-refractivity contribution in [3.05, 3.63) is 72.0 Å². The normalized spacial score (nSPS) is 11.1. The Morgan fingerprint density at radius 2 is 1.97 bits per heavy atom. The highest BCUT2D eigenvalue weighted by molar-refractivity contribution is 7.13. The first-order valence-corrected chi connectivity index (χ1v) is 10.8. The molecule has 5 aromatic rings. The molecule has 0 atom stereocenters. The maximum absolute atomic E-state index is 12.7. The van der Waals surface area contributed by atoms with E-state index in [1.807, 2.05) is 24.3 Å². The smallest absolute Gasteiger partial charge is 0.275 e. The summed E-state index contributed by atoms with van der Waals surface area (Å²) in [6.45, 7) is 3.06. The molecule has 3 aromatic heterocycles.